The first-order valence-corrected chi connectivity index (χ1v) is 8.41. The van der Waals surface area contributed by atoms with Gasteiger partial charge in [-0.25, -0.2) is 0 Å². The van der Waals surface area contributed by atoms with Crippen molar-refractivity contribution >= 4 is 0 Å². The molecule has 7 heteroatoms. The van der Waals surface area contributed by atoms with Crippen molar-refractivity contribution in [2.75, 3.05) is 39.6 Å². The summed E-state index contributed by atoms with van der Waals surface area (Å²) < 4.78 is 26.6. The summed E-state index contributed by atoms with van der Waals surface area (Å²) in [4.78, 5) is 0. The number of aliphatic hydroxyl groups is 2. The normalized spacial score (nSPS) is 29.0. The van der Waals surface area contributed by atoms with Crippen LogP contribution in [0.1, 0.15) is 39.5 Å². The Labute approximate surface area is 137 Å². The Morgan fingerprint density at radius 1 is 0.957 bits per heavy atom. The van der Waals surface area contributed by atoms with E-state index in [0.29, 0.717) is 32.2 Å². The van der Waals surface area contributed by atoms with Crippen LogP contribution in [0.4, 0.5) is 0 Å². The van der Waals surface area contributed by atoms with Crippen LogP contribution >= 0.6 is 0 Å². The van der Waals surface area contributed by atoms with Gasteiger partial charge in [-0.1, -0.05) is 0 Å². The standard InChI is InChI=1S/C8H16O4.C8H14O3/c1-8(11-4-5-12-8)3-2-7(10)6-9;1-8(10-4-5-11-8)3-2-7-6-9-7/h7,9-10H,2-6H2,1H3;7H,2-6H2,1H3/t7-;/m0./s1. The highest BCUT2D eigenvalue weighted by molar-refractivity contribution is 4.75. The fourth-order valence-corrected chi connectivity index (χ4v) is 2.58. The summed E-state index contributed by atoms with van der Waals surface area (Å²) in [6.45, 7) is 7.29. The lowest BCUT2D eigenvalue weighted by molar-refractivity contribution is -0.151. The third-order valence-electron chi connectivity index (χ3n) is 4.26. The predicted molar refractivity (Wildman–Crippen MR) is 81.9 cm³/mol. The molecule has 0 aromatic carbocycles. The summed E-state index contributed by atoms with van der Waals surface area (Å²) in [7, 11) is 0. The van der Waals surface area contributed by atoms with E-state index < -0.39 is 11.9 Å². The molecule has 3 heterocycles. The number of ether oxygens (including phenoxy) is 5. The van der Waals surface area contributed by atoms with E-state index in [9.17, 15) is 0 Å². The third-order valence-corrected chi connectivity index (χ3v) is 4.26. The molecule has 0 spiro atoms. The molecule has 0 aromatic heterocycles. The van der Waals surface area contributed by atoms with Gasteiger partial charge >= 0.3 is 0 Å². The molecule has 0 amide bonds. The lowest BCUT2D eigenvalue weighted by atomic mass is 10.1. The van der Waals surface area contributed by atoms with E-state index >= 15 is 0 Å². The van der Waals surface area contributed by atoms with Crippen LogP contribution < -0.4 is 0 Å². The SMILES string of the molecule is CC1(CCC2CO2)OCCO1.CC1(CC[C@H](O)CO)OCCO1. The maximum absolute atomic E-state index is 9.07. The zero-order valence-corrected chi connectivity index (χ0v) is 14.2. The predicted octanol–water partition coefficient (Wildman–Crippen LogP) is 0.811. The van der Waals surface area contributed by atoms with Crippen LogP contribution in [0.3, 0.4) is 0 Å². The molecule has 3 aliphatic rings. The van der Waals surface area contributed by atoms with Gasteiger partial charge in [-0.05, 0) is 26.7 Å². The highest BCUT2D eigenvalue weighted by atomic mass is 16.7. The molecule has 3 fully saturated rings. The van der Waals surface area contributed by atoms with Gasteiger partial charge in [-0.3, -0.25) is 0 Å². The minimum Gasteiger partial charge on any atom is -0.394 e. The number of hydrogen-bond donors (Lipinski definition) is 2. The first kappa shape index (κ1) is 19.1. The molecule has 2 atom stereocenters. The number of epoxide rings is 1. The highest BCUT2D eigenvalue weighted by Gasteiger charge is 2.34. The second-order valence-electron chi connectivity index (χ2n) is 6.53. The second kappa shape index (κ2) is 8.71. The Bertz CT molecular complexity index is 333. The van der Waals surface area contributed by atoms with Crippen LogP contribution in [0.15, 0.2) is 0 Å². The summed E-state index contributed by atoms with van der Waals surface area (Å²) in [6.07, 6.45) is 2.98. The van der Waals surface area contributed by atoms with Crippen LogP contribution in [0.2, 0.25) is 0 Å². The van der Waals surface area contributed by atoms with Gasteiger partial charge in [0.25, 0.3) is 0 Å². The van der Waals surface area contributed by atoms with Crippen molar-refractivity contribution in [2.24, 2.45) is 0 Å². The summed E-state index contributed by atoms with van der Waals surface area (Å²) in [6, 6.07) is 0. The summed E-state index contributed by atoms with van der Waals surface area (Å²) in [5.41, 5.74) is 0. The van der Waals surface area contributed by atoms with Crippen LogP contribution in [-0.2, 0) is 23.7 Å². The van der Waals surface area contributed by atoms with Gasteiger partial charge in [0.05, 0.1) is 51.8 Å². The molecular formula is C16H30O7. The summed E-state index contributed by atoms with van der Waals surface area (Å²) in [5.74, 6) is -0.859. The first-order chi connectivity index (χ1) is 10.9. The quantitative estimate of drug-likeness (QED) is 0.666. The molecule has 136 valence electrons. The Morgan fingerprint density at radius 3 is 1.87 bits per heavy atom. The van der Waals surface area contributed by atoms with E-state index in [1.54, 1.807) is 0 Å². The van der Waals surface area contributed by atoms with Gasteiger partial charge in [-0.2, -0.15) is 0 Å². The van der Waals surface area contributed by atoms with E-state index in [1.807, 2.05) is 13.8 Å². The molecule has 0 aromatic rings. The van der Waals surface area contributed by atoms with Gasteiger partial charge in [0.15, 0.2) is 11.6 Å². The van der Waals surface area contributed by atoms with Crippen molar-refractivity contribution in [2.45, 2.75) is 63.3 Å². The molecular weight excluding hydrogens is 304 g/mol. The van der Waals surface area contributed by atoms with E-state index in [0.717, 1.165) is 32.7 Å². The van der Waals surface area contributed by atoms with Crippen LogP contribution in [-0.4, -0.2) is 73.6 Å². The summed E-state index contributed by atoms with van der Waals surface area (Å²) >= 11 is 0. The molecule has 3 rings (SSSR count). The zero-order valence-electron chi connectivity index (χ0n) is 14.2. The topological polar surface area (TPSA) is 89.9 Å². The fourth-order valence-electron chi connectivity index (χ4n) is 2.58. The van der Waals surface area contributed by atoms with Gasteiger partial charge in [0.2, 0.25) is 0 Å². The number of aliphatic hydroxyl groups excluding tert-OH is 2. The monoisotopic (exact) mass is 334 g/mol. The molecule has 23 heavy (non-hydrogen) atoms. The average molecular weight is 334 g/mol. The minimum absolute atomic E-state index is 0.198. The molecule has 0 bridgehead atoms. The molecule has 7 nitrogen and oxygen atoms in total. The minimum atomic E-state index is -0.658. The van der Waals surface area contributed by atoms with E-state index in [-0.39, 0.29) is 12.4 Å². The van der Waals surface area contributed by atoms with Gasteiger partial charge in [-0.15, -0.1) is 0 Å². The molecule has 3 saturated heterocycles. The van der Waals surface area contributed by atoms with Gasteiger partial charge < -0.3 is 33.9 Å². The first-order valence-electron chi connectivity index (χ1n) is 8.41. The molecule has 0 saturated carbocycles. The maximum atomic E-state index is 9.07. The van der Waals surface area contributed by atoms with Crippen molar-refractivity contribution in [1.82, 2.24) is 0 Å². The molecule has 0 aliphatic carbocycles. The number of rotatable bonds is 7. The smallest absolute Gasteiger partial charge is 0.165 e. The second-order valence-corrected chi connectivity index (χ2v) is 6.53. The fraction of sp³-hybridized carbons (Fsp3) is 1.00. The van der Waals surface area contributed by atoms with Crippen LogP contribution in [0, 0.1) is 0 Å². The molecule has 3 aliphatic heterocycles. The van der Waals surface area contributed by atoms with Crippen molar-refractivity contribution in [3.63, 3.8) is 0 Å². The maximum Gasteiger partial charge on any atom is 0.165 e. The molecule has 1 unspecified atom stereocenters. The lowest BCUT2D eigenvalue weighted by Crippen LogP contribution is -2.28. The Balaban J connectivity index is 0.000000167. The van der Waals surface area contributed by atoms with Gasteiger partial charge in [0.1, 0.15) is 0 Å². The van der Waals surface area contributed by atoms with Crippen molar-refractivity contribution in [3.05, 3.63) is 0 Å². The number of hydrogen-bond acceptors (Lipinski definition) is 7. The summed E-state index contributed by atoms with van der Waals surface area (Å²) in [5, 5.41) is 17.6. The molecule has 2 N–H and O–H groups in total. The third kappa shape index (κ3) is 7.01. The van der Waals surface area contributed by atoms with Crippen molar-refractivity contribution < 1.29 is 33.9 Å². The van der Waals surface area contributed by atoms with E-state index in [4.69, 9.17) is 33.9 Å². The largest absolute Gasteiger partial charge is 0.394 e. The van der Waals surface area contributed by atoms with E-state index in [1.165, 1.54) is 0 Å². The van der Waals surface area contributed by atoms with Crippen molar-refractivity contribution in [3.8, 4) is 0 Å². The van der Waals surface area contributed by atoms with Crippen LogP contribution in [0.25, 0.3) is 0 Å². The Morgan fingerprint density at radius 2 is 1.43 bits per heavy atom. The Hall–Kier alpha value is -0.280. The highest BCUT2D eigenvalue weighted by Crippen LogP contribution is 2.28. The van der Waals surface area contributed by atoms with E-state index in [2.05, 4.69) is 0 Å². The zero-order chi connectivity index (χ0) is 16.8. The van der Waals surface area contributed by atoms with Gasteiger partial charge in [0, 0.05) is 12.8 Å². The molecule has 0 radical (unpaired) electrons. The van der Waals surface area contributed by atoms with Crippen LogP contribution in [0.5, 0.6) is 0 Å². The average Bonchev–Trinajstić information content (AvgIpc) is 3.13. The Kier molecular flexibility index (Phi) is 7.21. The lowest BCUT2D eigenvalue weighted by Gasteiger charge is -2.22. The van der Waals surface area contributed by atoms with Crippen molar-refractivity contribution in [1.29, 1.82) is 0 Å².